The number of allylic oxidation sites excluding steroid dienone is 10. The van der Waals surface area contributed by atoms with Gasteiger partial charge in [-0.15, -0.1) is 0 Å². The first kappa shape index (κ1) is 63.6. The Morgan fingerprint density at radius 1 is 0.849 bits per heavy atom. The molecule has 0 radical (unpaired) electrons. The van der Waals surface area contributed by atoms with E-state index in [9.17, 15) is 57.9 Å². The fraction of sp³-hybridized carbons (Fsp3) is 0.600. The Morgan fingerprint density at radius 2 is 1.44 bits per heavy atom. The van der Waals surface area contributed by atoms with E-state index in [0.717, 1.165) is 80.4 Å². The van der Waals surface area contributed by atoms with Gasteiger partial charge in [-0.2, -0.15) is 0 Å². The Hall–Kier alpha value is -3.74. The summed E-state index contributed by atoms with van der Waals surface area (Å²) in [5, 5.41) is 26.5. The maximum atomic E-state index is 12.7. The molecule has 1 fully saturated rings. The Morgan fingerprint density at radius 3 is 2.04 bits per heavy atom. The number of thioether (sulfide) groups is 1. The van der Waals surface area contributed by atoms with Crippen molar-refractivity contribution in [2.75, 3.05) is 37.8 Å². The molecular weight excluding hydrogens is 1040 g/mol. The van der Waals surface area contributed by atoms with Crippen LogP contribution >= 0.6 is 35.2 Å². The van der Waals surface area contributed by atoms with Crippen molar-refractivity contribution in [1.29, 1.82) is 0 Å². The first-order valence-electron chi connectivity index (χ1n) is 23.8. The molecule has 2 amide bonds. The maximum Gasteiger partial charge on any atom is 0.274 e. The van der Waals surface area contributed by atoms with Crippen LogP contribution in [0.25, 0.3) is 11.2 Å². The van der Waals surface area contributed by atoms with Gasteiger partial charge in [-0.05, 0) is 57.8 Å². The summed E-state index contributed by atoms with van der Waals surface area (Å²) in [6.45, 7) is 2.33. The van der Waals surface area contributed by atoms with E-state index in [1.165, 1.54) is 33.1 Å². The van der Waals surface area contributed by atoms with E-state index < -0.39 is 84.6 Å². The number of aromatic nitrogens is 4. The van der Waals surface area contributed by atoms with E-state index in [0.29, 0.717) is 12.2 Å². The molecule has 0 aliphatic carbocycles. The number of nitrogens with one attached hydrogen (secondary N) is 2. The molecule has 2 unspecified atom stereocenters. The lowest BCUT2D eigenvalue weighted by molar-refractivity contribution is -0.347. The SMILES string of the molecule is CCCCC/C=C\C/C=C\C/C=C\C/C=C\C/C=C\CCCCC(=O)SCCNC(=O)CCNC(=O)[C@H](O)C(C)(C)COP(=O)([O-])OP(=O)([O-])OC[C@H]1O[C@@H](n2cnc3c(N)ncnc32)[C@H](O)[C@@H]1OP(=O)([O-])[O-]. The second-order valence-corrected chi connectivity index (χ2v) is 22.5. The molecule has 28 heteroatoms. The summed E-state index contributed by atoms with van der Waals surface area (Å²) in [5.41, 5.74) is 4.08. The quantitative estimate of drug-likeness (QED) is 0.0369. The molecule has 2 aromatic heterocycles. The van der Waals surface area contributed by atoms with Crippen LogP contribution in [0.1, 0.15) is 110 Å². The Bertz CT molecular complexity index is 2340. The average Bonchev–Trinajstić information content (AvgIpc) is 3.88. The van der Waals surface area contributed by atoms with Crippen LogP contribution in [0, 0.1) is 5.41 Å². The third kappa shape index (κ3) is 25.1. The van der Waals surface area contributed by atoms with Crippen molar-refractivity contribution in [3.63, 3.8) is 0 Å². The van der Waals surface area contributed by atoms with E-state index >= 15 is 0 Å². The predicted octanol–water partition coefficient (Wildman–Crippen LogP) is 3.62. The fourth-order valence-corrected chi connectivity index (χ4v) is 10.2. The van der Waals surface area contributed by atoms with Crippen LogP contribution < -0.4 is 35.9 Å². The molecule has 410 valence electrons. The maximum absolute atomic E-state index is 12.7. The molecule has 3 rings (SSSR count). The molecule has 73 heavy (non-hydrogen) atoms. The zero-order valence-corrected chi connectivity index (χ0v) is 44.7. The first-order valence-corrected chi connectivity index (χ1v) is 29.1. The van der Waals surface area contributed by atoms with Gasteiger partial charge in [0.1, 0.15) is 36.3 Å². The molecule has 0 bridgehead atoms. The number of carbonyl (C=O) groups excluding carboxylic acids is 3. The van der Waals surface area contributed by atoms with Gasteiger partial charge in [-0.1, -0.05) is 106 Å². The number of imidazole rings is 1. The number of ether oxygens (including phenoxy) is 1. The van der Waals surface area contributed by atoms with Crippen molar-refractivity contribution in [2.24, 2.45) is 5.41 Å². The molecule has 0 aromatic carbocycles. The van der Waals surface area contributed by atoms with Crippen LogP contribution in [-0.2, 0) is 50.7 Å². The van der Waals surface area contributed by atoms with E-state index in [1.54, 1.807) is 0 Å². The largest absolute Gasteiger partial charge is 0.790 e. The van der Waals surface area contributed by atoms with E-state index in [1.807, 2.05) is 0 Å². The molecule has 1 aliphatic heterocycles. The van der Waals surface area contributed by atoms with Crippen molar-refractivity contribution in [3.05, 3.63) is 73.4 Å². The van der Waals surface area contributed by atoms with Gasteiger partial charge in [0.05, 0.1) is 27.4 Å². The molecule has 0 saturated carbocycles. The molecule has 3 heterocycles. The molecular formula is C45H68N7O17P3S-4. The van der Waals surface area contributed by atoms with E-state index in [4.69, 9.17) is 10.5 Å². The highest BCUT2D eigenvalue weighted by molar-refractivity contribution is 8.13. The standard InChI is InChI=1S/C45H72N7O17P3S/c1-4-5-6-7-8-9-10-11-12-13-14-15-16-17-18-19-20-21-22-23-24-25-36(54)73-29-28-47-35(53)26-27-48-43(57)40(56)45(2,3)31-66-72(63,64)69-71(61,62)65-30-34-39(68-70(58,59)60)38(55)44(67-34)52-33-51-37-41(46)49-32-50-42(37)52/h8-9,11-12,14-15,17-18,20-21,32-34,38-40,44,55-56H,4-7,10,13,16,19,22-31H2,1-3H3,(H,47,53)(H,48,57)(H,61,62)(H,63,64)(H2,46,49,50)(H2,58,59,60)/p-4/b9-8-,12-11-,15-14-,18-17-,21-20-/t34-,38-,39-,40+,44-/m1/s1. The van der Waals surface area contributed by atoms with Crippen molar-refractivity contribution >= 4 is 69.1 Å². The summed E-state index contributed by atoms with van der Waals surface area (Å²) in [6.07, 6.45) is 25.7. The molecule has 1 saturated heterocycles. The number of fused-ring (bicyclic) bond motifs is 1. The summed E-state index contributed by atoms with van der Waals surface area (Å²) in [4.78, 5) is 97.0. The number of hydrogen-bond acceptors (Lipinski definition) is 22. The molecule has 2 aromatic rings. The van der Waals surface area contributed by atoms with Gasteiger partial charge >= 0.3 is 0 Å². The predicted molar refractivity (Wildman–Crippen MR) is 265 cm³/mol. The van der Waals surface area contributed by atoms with Gasteiger partial charge in [0, 0.05) is 37.1 Å². The lowest BCUT2D eigenvalue weighted by Gasteiger charge is -2.36. The highest BCUT2D eigenvalue weighted by Gasteiger charge is 2.47. The zero-order valence-electron chi connectivity index (χ0n) is 41.2. The lowest BCUT2D eigenvalue weighted by Crippen LogP contribution is -2.46. The normalized spacial score (nSPS) is 20.0. The van der Waals surface area contributed by atoms with Crippen LogP contribution in [-0.4, -0.2) is 103 Å². The van der Waals surface area contributed by atoms with Gasteiger partial charge in [0.15, 0.2) is 22.8 Å². The number of amides is 2. The van der Waals surface area contributed by atoms with Crippen molar-refractivity contribution in [2.45, 2.75) is 135 Å². The monoisotopic (exact) mass is 1100 g/mol. The van der Waals surface area contributed by atoms with Crippen molar-refractivity contribution in [1.82, 2.24) is 30.2 Å². The van der Waals surface area contributed by atoms with Gasteiger partial charge in [0.2, 0.25) is 11.8 Å². The number of nitrogens with two attached hydrogens (primary N) is 1. The minimum atomic E-state index is -5.93. The van der Waals surface area contributed by atoms with Gasteiger partial charge in [-0.25, -0.2) is 19.3 Å². The summed E-state index contributed by atoms with van der Waals surface area (Å²) < 4.78 is 60.9. The number of phosphoric ester groups is 3. The second kappa shape index (κ2) is 32.6. The lowest BCUT2D eigenvalue weighted by atomic mass is 9.87. The smallest absolute Gasteiger partial charge is 0.274 e. The van der Waals surface area contributed by atoms with Gasteiger partial charge in [0.25, 0.3) is 15.6 Å². The number of phosphoric acid groups is 3. The number of rotatable bonds is 36. The third-order valence-electron chi connectivity index (χ3n) is 10.6. The minimum absolute atomic E-state index is 0.0139. The topological polar surface area (TPSA) is 375 Å². The van der Waals surface area contributed by atoms with Gasteiger partial charge in [-0.3, -0.25) is 28.1 Å². The summed E-state index contributed by atoms with van der Waals surface area (Å²) in [5.74, 6) is -1.19. The van der Waals surface area contributed by atoms with Crippen LogP contribution in [0.15, 0.2) is 73.4 Å². The molecule has 0 spiro atoms. The summed E-state index contributed by atoms with van der Waals surface area (Å²) in [7, 11) is -17.6. The van der Waals surface area contributed by atoms with Crippen molar-refractivity contribution < 1.29 is 80.5 Å². The number of anilines is 1. The number of nitrogens with zero attached hydrogens (tertiary/aromatic N) is 4. The highest BCUT2D eigenvalue weighted by atomic mass is 32.2. The Kier molecular flexibility index (Phi) is 28.4. The zero-order chi connectivity index (χ0) is 53.9. The molecule has 24 nitrogen and oxygen atoms in total. The Balaban J connectivity index is 1.26. The third-order valence-corrected chi connectivity index (χ3v) is 14.6. The van der Waals surface area contributed by atoms with Crippen LogP contribution in [0.4, 0.5) is 5.82 Å². The van der Waals surface area contributed by atoms with Crippen LogP contribution in [0.3, 0.4) is 0 Å². The fourth-order valence-electron chi connectivity index (χ4n) is 6.71. The average molecular weight is 1100 g/mol. The first-order chi connectivity index (χ1) is 34.6. The van der Waals surface area contributed by atoms with Gasteiger partial charge < -0.3 is 69.0 Å². The number of unbranched alkanes of at least 4 members (excludes halogenated alkanes) is 5. The second-order valence-electron chi connectivity index (χ2n) is 17.2. The summed E-state index contributed by atoms with van der Waals surface area (Å²) >= 11 is 1.11. The minimum Gasteiger partial charge on any atom is -0.790 e. The number of hydrogen-bond donors (Lipinski definition) is 5. The van der Waals surface area contributed by atoms with Crippen molar-refractivity contribution in [3.8, 4) is 0 Å². The van der Waals surface area contributed by atoms with E-state index in [2.05, 4.69) is 111 Å². The highest BCUT2D eigenvalue weighted by Crippen LogP contribution is 2.56. The number of aliphatic hydroxyl groups is 2. The number of aliphatic hydroxyl groups excluding tert-OH is 2. The summed E-state index contributed by atoms with van der Waals surface area (Å²) in [6, 6.07) is 0. The van der Waals surface area contributed by atoms with E-state index in [-0.39, 0.29) is 41.6 Å². The number of nitrogen functional groups attached to an aromatic ring is 1. The van der Waals surface area contributed by atoms with Crippen LogP contribution in [0.2, 0.25) is 0 Å². The molecule has 7 atom stereocenters. The Labute approximate surface area is 429 Å². The van der Waals surface area contributed by atoms with Crippen LogP contribution in [0.5, 0.6) is 0 Å². The molecule has 6 N–H and O–H groups in total. The number of carbonyl (C=O) groups is 3. The molecule has 1 aliphatic rings.